The number of hydrogen-bond acceptors (Lipinski definition) is 6. The van der Waals surface area contributed by atoms with Gasteiger partial charge in [0.2, 0.25) is 5.91 Å². The average molecular weight is 357 g/mol. The Morgan fingerprint density at radius 3 is 2.50 bits per heavy atom. The van der Waals surface area contributed by atoms with Crippen LogP contribution in [0.15, 0.2) is 18.2 Å². The fourth-order valence-electron chi connectivity index (χ4n) is 2.33. The van der Waals surface area contributed by atoms with E-state index in [1.165, 1.54) is 7.11 Å². The Bertz CT molecular complexity index is 684. The van der Waals surface area contributed by atoms with Crippen LogP contribution in [0.25, 0.3) is 0 Å². The van der Waals surface area contributed by atoms with E-state index in [1.54, 1.807) is 30.2 Å². The van der Waals surface area contributed by atoms with Crippen molar-refractivity contribution >= 4 is 16.0 Å². The van der Waals surface area contributed by atoms with E-state index in [9.17, 15) is 13.2 Å². The minimum atomic E-state index is -3.67. The van der Waals surface area contributed by atoms with Gasteiger partial charge in [0.1, 0.15) is 0 Å². The van der Waals surface area contributed by atoms with Gasteiger partial charge in [0.15, 0.2) is 11.5 Å². The number of benzene rings is 1. The van der Waals surface area contributed by atoms with Crippen LogP contribution in [0.1, 0.15) is 18.4 Å². The predicted molar refractivity (Wildman–Crippen MR) is 88.5 cm³/mol. The molecule has 2 rings (SSSR count). The Morgan fingerprint density at radius 2 is 1.96 bits per heavy atom. The van der Waals surface area contributed by atoms with Crippen molar-refractivity contribution in [1.82, 2.24) is 4.90 Å². The summed E-state index contributed by atoms with van der Waals surface area (Å²) >= 11 is 0. The van der Waals surface area contributed by atoms with Crippen molar-refractivity contribution in [3.8, 4) is 11.5 Å². The summed E-state index contributed by atoms with van der Waals surface area (Å²) in [5.41, 5.74) is 0.763. The SMILES string of the molecule is COCCN(Cc1ccc(OC)c(OS(C)(=O)=O)c1)C(=O)C1CC1. The zero-order valence-corrected chi connectivity index (χ0v) is 15.0. The van der Waals surface area contributed by atoms with E-state index in [-0.39, 0.29) is 17.6 Å². The fourth-order valence-corrected chi connectivity index (χ4v) is 2.78. The summed E-state index contributed by atoms with van der Waals surface area (Å²) in [7, 11) is -0.645. The average Bonchev–Trinajstić information content (AvgIpc) is 3.34. The van der Waals surface area contributed by atoms with Gasteiger partial charge in [-0.15, -0.1) is 0 Å². The van der Waals surface area contributed by atoms with Gasteiger partial charge in [-0.25, -0.2) is 0 Å². The largest absolute Gasteiger partial charge is 0.493 e. The van der Waals surface area contributed by atoms with Crippen molar-refractivity contribution in [2.45, 2.75) is 19.4 Å². The van der Waals surface area contributed by atoms with E-state index >= 15 is 0 Å². The summed E-state index contributed by atoms with van der Waals surface area (Å²) in [4.78, 5) is 14.1. The van der Waals surface area contributed by atoms with Gasteiger partial charge in [-0.05, 0) is 30.5 Å². The second kappa shape index (κ2) is 7.85. The van der Waals surface area contributed by atoms with Gasteiger partial charge in [0.25, 0.3) is 0 Å². The Balaban J connectivity index is 2.19. The standard InChI is InChI=1S/C16H23NO6S/c1-21-9-8-17(16(18)13-5-6-13)11-12-4-7-14(22-2)15(10-12)23-24(3,19)20/h4,7,10,13H,5-6,8-9,11H2,1-3H3. The summed E-state index contributed by atoms with van der Waals surface area (Å²) in [5, 5.41) is 0. The van der Waals surface area contributed by atoms with Crippen LogP contribution in [0.4, 0.5) is 0 Å². The normalized spacial score (nSPS) is 14.3. The minimum absolute atomic E-state index is 0.104. The van der Waals surface area contributed by atoms with Crippen LogP contribution in [0.2, 0.25) is 0 Å². The highest BCUT2D eigenvalue weighted by Crippen LogP contribution is 2.33. The highest BCUT2D eigenvalue weighted by Gasteiger charge is 2.33. The molecule has 0 N–H and O–H groups in total. The second-order valence-corrected chi connectivity index (χ2v) is 7.37. The number of hydrogen-bond donors (Lipinski definition) is 0. The highest BCUT2D eigenvalue weighted by molar-refractivity contribution is 7.86. The molecule has 1 saturated carbocycles. The van der Waals surface area contributed by atoms with E-state index in [2.05, 4.69) is 0 Å². The molecule has 0 radical (unpaired) electrons. The number of ether oxygens (including phenoxy) is 2. The Kier molecular flexibility index (Phi) is 6.06. The van der Waals surface area contributed by atoms with Gasteiger partial charge >= 0.3 is 10.1 Å². The van der Waals surface area contributed by atoms with Crippen molar-refractivity contribution in [2.24, 2.45) is 5.92 Å². The molecular weight excluding hydrogens is 334 g/mol. The molecule has 1 aromatic rings. The molecule has 0 unspecified atom stereocenters. The first kappa shape index (κ1) is 18.5. The molecule has 1 aromatic carbocycles. The molecule has 1 aliphatic carbocycles. The van der Waals surface area contributed by atoms with Crippen molar-refractivity contribution < 1.29 is 26.9 Å². The monoisotopic (exact) mass is 357 g/mol. The smallest absolute Gasteiger partial charge is 0.306 e. The van der Waals surface area contributed by atoms with Gasteiger partial charge in [0, 0.05) is 26.1 Å². The lowest BCUT2D eigenvalue weighted by Crippen LogP contribution is -2.34. The highest BCUT2D eigenvalue weighted by atomic mass is 32.2. The third-order valence-corrected chi connectivity index (χ3v) is 4.13. The van der Waals surface area contributed by atoms with Crippen molar-refractivity contribution in [3.63, 3.8) is 0 Å². The Morgan fingerprint density at radius 1 is 1.25 bits per heavy atom. The van der Waals surface area contributed by atoms with Crippen molar-refractivity contribution in [1.29, 1.82) is 0 Å². The first-order chi connectivity index (χ1) is 11.3. The number of carbonyl (C=O) groups is 1. The number of nitrogens with zero attached hydrogens (tertiary/aromatic N) is 1. The summed E-state index contributed by atoms with van der Waals surface area (Å²) in [6, 6.07) is 5.00. The topological polar surface area (TPSA) is 82.1 Å². The molecular formula is C16H23NO6S. The molecule has 0 heterocycles. The van der Waals surface area contributed by atoms with Crippen LogP contribution in [-0.2, 0) is 26.2 Å². The maximum Gasteiger partial charge on any atom is 0.306 e. The zero-order chi connectivity index (χ0) is 17.7. The lowest BCUT2D eigenvalue weighted by Gasteiger charge is -2.23. The van der Waals surface area contributed by atoms with Crippen LogP contribution in [0.3, 0.4) is 0 Å². The third-order valence-electron chi connectivity index (χ3n) is 3.65. The summed E-state index contributed by atoms with van der Waals surface area (Å²) in [5.74, 6) is 0.643. The van der Waals surface area contributed by atoms with Gasteiger partial charge in [-0.1, -0.05) is 6.07 Å². The maximum atomic E-state index is 12.4. The van der Waals surface area contributed by atoms with Crippen molar-refractivity contribution in [2.75, 3.05) is 33.6 Å². The number of amides is 1. The lowest BCUT2D eigenvalue weighted by atomic mass is 10.1. The molecule has 1 fully saturated rings. The molecule has 24 heavy (non-hydrogen) atoms. The molecule has 0 aromatic heterocycles. The van der Waals surface area contributed by atoms with E-state index in [0.717, 1.165) is 24.7 Å². The van der Waals surface area contributed by atoms with E-state index in [4.69, 9.17) is 13.7 Å². The van der Waals surface area contributed by atoms with E-state index in [0.29, 0.717) is 25.4 Å². The summed E-state index contributed by atoms with van der Waals surface area (Å²) < 4.78 is 37.9. The van der Waals surface area contributed by atoms with E-state index < -0.39 is 10.1 Å². The van der Waals surface area contributed by atoms with Crippen LogP contribution in [-0.4, -0.2) is 52.9 Å². The molecule has 1 aliphatic rings. The van der Waals surface area contributed by atoms with Gasteiger partial charge in [0.05, 0.1) is 20.0 Å². The molecule has 0 spiro atoms. The van der Waals surface area contributed by atoms with Crippen molar-refractivity contribution in [3.05, 3.63) is 23.8 Å². The molecule has 134 valence electrons. The van der Waals surface area contributed by atoms with Crippen LogP contribution < -0.4 is 8.92 Å². The second-order valence-electron chi connectivity index (χ2n) is 5.80. The molecule has 0 bridgehead atoms. The minimum Gasteiger partial charge on any atom is -0.493 e. The molecule has 8 heteroatoms. The van der Waals surface area contributed by atoms with E-state index in [1.807, 2.05) is 0 Å². The van der Waals surface area contributed by atoms with Crippen LogP contribution >= 0.6 is 0 Å². The first-order valence-corrected chi connectivity index (χ1v) is 9.50. The van der Waals surface area contributed by atoms with Crippen LogP contribution in [0.5, 0.6) is 11.5 Å². The van der Waals surface area contributed by atoms with Gasteiger partial charge in [-0.3, -0.25) is 4.79 Å². The zero-order valence-electron chi connectivity index (χ0n) is 14.1. The molecule has 0 atom stereocenters. The third kappa shape index (κ3) is 5.38. The molecule has 0 aliphatic heterocycles. The van der Waals surface area contributed by atoms with Crippen LogP contribution in [0, 0.1) is 5.92 Å². The molecule has 0 saturated heterocycles. The van der Waals surface area contributed by atoms with Gasteiger partial charge < -0.3 is 18.6 Å². The lowest BCUT2D eigenvalue weighted by molar-refractivity contribution is -0.133. The number of methoxy groups -OCH3 is 2. The summed E-state index contributed by atoms with van der Waals surface area (Å²) in [6.45, 7) is 1.30. The van der Waals surface area contributed by atoms with Gasteiger partial charge in [-0.2, -0.15) is 8.42 Å². The Hall–Kier alpha value is -1.80. The Labute approximate surface area is 142 Å². The summed E-state index contributed by atoms with van der Waals surface area (Å²) in [6.07, 6.45) is 2.82. The number of rotatable bonds is 9. The molecule has 1 amide bonds. The number of carbonyl (C=O) groups excluding carboxylic acids is 1. The predicted octanol–water partition coefficient (Wildman–Crippen LogP) is 1.42. The fraction of sp³-hybridized carbons (Fsp3) is 0.562. The molecule has 7 nitrogen and oxygen atoms in total. The first-order valence-electron chi connectivity index (χ1n) is 7.68. The maximum absolute atomic E-state index is 12.4. The quantitative estimate of drug-likeness (QED) is 0.622.